The SMILES string of the molecule is CCCOc1ccc(C(Br)c2cc(Br)ccc2I)cc1Br. The summed E-state index contributed by atoms with van der Waals surface area (Å²) >= 11 is 13.3. The molecule has 0 saturated heterocycles. The Morgan fingerprint density at radius 2 is 1.90 bits per heavy atom. The molecule has 2 aromatic rings. The third-order valence-corrected chi connectivity index (χ3v) is 6.06. The van der Waals surface area contributed by atoms with Gasteiger partial charge in [0.25, 0.3) is 0 Å². The number of alkyl halides is 1. The lowest BCUT2D eigenvalue weighted by Crippen LogP contribution is -1.99. The molecule has 5 heteroatoms. The molecule has 0 aromatic heterocycles. The van der Waals surface area contributed by atoms with Crippen molar-refractivity contribution in [3.05, 3.63) is 60.0 Å². The summed E-state index contributed by atoms with van der Waals surface area (Å²) in [5, 5.41) is 0. The van der Waals surface area contributed by atoms with Crippen molar-refractivity contribution in [2.45, 2.75) is 18.2 Å². The zero-order chi connectivity index (χ0) is 15.4. The third kappa shape index (κ3) is 4.69. The van der Waals surface area contributed by atoms with Gasteiger partial charge in [-0.15, -0.1) is 0 Å². The highest BCUT2D eigenvalue weighted by atomic mass is 127. The van der Waals surface area contributed by atoms with Crippen LogP contribution < -0.4 is 4.74 Å². The van der Waals surface area contributed by atoms with Crippen molar-refractivity contribution < 1.29 is 4.74 Å². The molecule has 2 aromatic carbocycles. The van der Waals surface area contributed by atoms with Crippen molar-refractivity contribution >= 4 is 70.4 Å². The van der Waals surface area contributed by atoms with E-state index in [-0.39, 0.29) is 4.83 Å². The third-order valence-electron chi connectivity index (χ3n) is 2.94. The fourth-order valence-corrected chi connectivity index (χ4v) is 4.52. The van der Waals surface area contributed by atoms with Crippen molar-refractivity contribution in [2.24, 2.45) is 0 Å². The molecule has 0 saturated carbocycles. The van der Waals surface area contributed by atoms with Crippen LogP contribution in [0.2, 0.25) is 0 Å². The Kier molecular flexibility index (Phi) is 7.03. The van der Waals surface area contributed by atoms with Crippen LogP contribution >= 0.6 is 70.4 Å². The molecule has 0 aliphatic rings. The van der Waals surface area contributed by atoms with Gasteiger partial charge in [-0.1, -0.05) is 44.8 Å². The first-order chi connectivity index (χ1) is 10.0. The van der Waals surface area contributed by atoms with Crippen LogP contribution in [0, 0.1) is 3.57 Å². The molecule has 0 fully saturated rings. The van der Waals surface area contributed by atoms with E-state index in [1.807, 2.05) is 6.07 Å². The minimum absolute atomic E-state index is 0.151. The van der Waals surface area contributed by atoms with Crippen LogP contribution in [-0.4, -0.2) is 6.61 Å². The smallest absolute Gasteiger partial charge is 0.133 e. The Labute approximate surface area is 164 Å². The molecule has 2 rings (SSSR count). The van der Waals surface area contributed by atoms with E-state index in [9.17, 15) is 0 Å². The van der Waals surface area contributed by atoms with Crippen molar-refractivity contribution in [3.8, 4) is 5.75 Å². The van der Waals surface area contributed by atoms with E-state index < -0.39 is 0 Å². The highest BCUT2D eigenvalue weighted by Gasteiger charge is 2.15. The maximum atomic E-state index is 5.70. The van der Waals surface area contributed by atoms with Gasteiger partial charge in [-0.25, -0.2) is 0 Å². The summed E-state index contributed by atoms with van der Waals surface area (Å²) in [6.07, 6.45) is 1.01. The van der Waals surface area contributed by atoms with Gasteiger partial charge in [-0.2, -0.15) is 0 Å². The molecule has 0 aliphatic carbocycles. The van der Waals surface area contributed by atoms with E-state index in [0.29, 0.717) is 0 Å². The minimum Gasteiger partial charge on any atom is -0.492 e. The molecule has 0 N–H and O–H groups in total. The molecule has 1 unspecified atom stereocenters. The zero-order valence-electron chi connectivity index (χ0n) is 11.4. The second-order valence-electron chi connectivity index (χ2n) is 4.57. The van der Waals surface area contributed by atoms with Gasteiger partial charge in [0.1, 0.15) is 5.75 Å². The molecule has 1 atom stereocenters. The van der Waals surface area contributed by atoms with Crippen LogP contribution in [0.4, 0.5) is 0 Å². The van der Waals surface area contributed by atoms with Gasteiger partial charge in [-0.3, -0.25) is 0 Å². The maximum absolute atomic E-state index is 5.70. The highest BCUT2D eigenvalue weighted by molar-refractivity contribution is 14.1. The summed E-state index contributed by atoms with van der Waals surface area (Å²) in [5.74, 6) is 0.893. The maximum Gasteiger partial charge on any atom is 0.133 e. The first kappa shape index (κ1) is 17.8. The Morgan fingerprint density at radius 3 is 2.57 bits per heavy atom. The van der Waals surface area contributed by atoms with E-state index >= 15 is 0 Å². The molecule has 1 nitrogen and oxygen atoms in total. The Bertz CT molecular complexity index is 631. The summed E-state index contributed by atoms with van der Waals surface area (Å²) in [6.45, 7) is 2.84. The van der Waals surface area contributed by atoms with Crippen LogP contribution in [0.15, 0.2) is 45.3 Å². The molecule has 21 heavy (non-hydrogen) atoms. The predicted molar refractivity (Wildman–Crippen MR) is 108 cm³/mol. The van der Waals surface area contributed by atoms with Crippen LogP contribution in [0.25, 0.3) is 0 Å². The van der Waals surface area contributed by atoms with Gasteiger partial charge in [0, 0.05) is 8.04 Å². The normalized spacial score (nSPS) is 12.2. The Balaban J connectivity index is 2.29. The molecular weight excluding hydrogens is 575 g/mol. The monoisotopic (exact) mass is 586 g/mol. The number of rotatable bonds is 5. The van der Waals surface area contributed by atoms with Gasteiger partial charge in [0.2, 0.25) is 0 Å². The lowest BCUT2D eigenvalue weighted by molar-refractivity contribution is 0.315. The summed E-state index contributed by atoms with van der Waals surface area (Å²) < 4.78 is 9.01. The predicted octanol–water partition coefficient (Wildman–Crippen LogP) is 7.09. The average molecular weight is 589 g/mol. The summed E-state index contributed by atoms with van der Waals surface area (Å²) in [4.78, 5) is 0.151. The second-order valence-corrected chi connectivity index (χ2v) is 8.41. The summed E-state index contributed by atoms with van der Waals surface area (Å²) in [7, 11) is 0. The van der Waals surface area contributed by atoms with Gasteiger partial charge >= 0.3 is 0 Å². The highest BCUT2D eigenvalue weighted by Crippen LogP contribution is 2.38. The van der Waals surface area contributed by atoms with Crippen molar-refractivity contribution in [1.82, 2.24) is 0 Å². The number of ether oxygens (including phenoxy) is 1. The fourth-order valence-electron chi connectivity index (χ4n) is 1.89. The minimum atomic E-state index is 0.151. The van der Waals surface area contributed by atoms with Crippen LogP contribution in [0.1, 0.15) is 29.3 Å². The molecule has 0 radical (unpaired) electrons. The largest absolute Gasteiger partial charge is 0.492 e. The first-order valence-corrected chi connectivity index (χ1v) is 10.1. The molecule has 0 aliphatic heterocycles. The number of benzene rings is 2. The van der Waals surface area contributed by atoms with Crippen LogP contribution in [-0.2, 0) is 0 Å². The van der Waals surface area contributed by atoms with E-state index in [1.54, 1.807) is 0 Å². The topological polar surface area (TPSA) is 9.23 Å². The standard InChI is InChI=1S/C16H14Br3IO/c1-2-7-21-15-6-3-10(8-13(15)18)16(19)12-9-11(17)4-5-14(12)20/h3-6,8-9,16H,2,7H2,1H3. The van der Waals surface area contributed by atoms with E-state index in [2.05, 4.69) is 108 Å². The lowest BCUT2D eigenvalue weighted by atomic mass is 10.0. The van der Waals surface area contributed by atoms with Crippen LogP contribution in [0.5, 0.6) is 5.75 Å². The fraction of sp³-hybridized carbons (Fsp3) is 0.250. The number of hydrogen-bond acceptors (Lipinski definition) is 1. The number of halogens is 4. The van der Waals surface area contributed by atoms with E-state index in [0.717, 1.165) is 27.7 Å². The van der Waals surface area contributed by atoms with Crippen LogP contribution in [0.3, 0.4) is 0 Å². The molecule has 0 amide bonds. The van der Waals surface area contributed by atoms with E-state index in [4.69, 9.17) is 4.74 Å². The molecule has 112 valence electrons. The van der Waals surface area contributed by atoms with E-state index in [1.165, 1.54) is 14.7 Å². The van der Waals surface area contributed by atoms with Gasteiger partial charge in [0.05, 0.1) is 15.9 Å². The molecule has 0 heterocycles. The second kappa shape index (κ2) is 8.31. The van der Waals surface area contributed by atoms with Crippen molar-refractivity contribution in [1.29, 1.82) is 0 Å². The van der Waals surface area contributed by atoms with Crippen molar-refractivity contribution in [2.75, 3.05) is 6.61 Å². The summed E-state index contributed by atoms with van der Waals surface area (Å²) in [5.41, 5.74) is 2.45. The zero-order valence-corrected chi connectivity index (χ0v) is 18.3. The van der Waals surface area contributed by atoms with Crippen molar-refractivity contribution in [3.63, 3.8) is 0 Å². The van der Waals surface area contributed by atoms with Gasteiger partial charge in [0.15, 0.2) is 0 Å². The average Bonchev–Trinajstić information content (AvgIpc) is 2.47. The molecular formula is C16H14Br3IO. The molecule has 0 spiro atoms. The van der Waals surface area contributed by atoms with Gasteiger partial charge < -0.3 is 4.74 Å². The summed E-state index contributed by atoms with van der Waals surface area (Å²) in [6, 6.07) is 12.6. The lowest BCUT2D eigenvalue weighted by Gasteiger charge is -2.15. The quantitative estimate of drug-likeness (QED) is 0.268. The molecule has 0 bridgehead atoms. The number of hydrogen-bond donors (Lipinski definition) is 0. The van der Waals surface area contributed by atoms with Gasteiger partial charge in [-0.05, 0) is 86.4 Å². The Hall–Kier alpha value is 0.410. The first-order valence-electron chi connectivity index (χ1n) is 6.54. The Morgan fingerprint density at radius 1 is 1.14 bits per heavy atom.